The molecular formula is C15H15NO3. The number of rotatable bonds is 4. The average molecular weight is 257 g/mol. The first-order chi connectivity index (χ1) is 9.20. The van der Waals surface area contributed by atoms with E-state index in [9.17, 15) is 4.79 Å². The fourth-order valence-electron chi connectivity index (χ4n) is 1.77. The van der Waals surface area contributed by atoms with E-state index < -0.39 is 5.97 Å². The van der Waals surface area contributed by atoms with E-state index in [1.54, 1.807) is 42.5 Å². The first-order valence-electron chi connectivity index (χ1n) is 5.91. The zero-order valence-electron chi connectivity index (χ0n) is 10.4. The molecule has 0 aliphatic rings. The molecule has 0 bridgehead atoms. The summed E-state index contributed by atoms with van der Waals surface area (Å²) in [5.41, 5.74) is 8.04. The molecule has 0 aliphatic heterocycles. The number of esters is 1. The number of aliphatic hydroxyl groups is 1. The van der Waals surface area contributed by atoms with Crippen molar-refractivity contribution in [3.63, 3.8) is 0 Å². The summed E-state index contributed by atoms with van der Waals surface area (Å²) in [5, 5.41) is 9.16. The lowest BCUT2D eigenvalue weighted by molar-refractivity contribution is 0.0469. The molecule has 19 heavy (non-hydrogen) atoms. The molecule has 0 fully saturated rings. The predicted molar refractivity (Wildman–Crippen MR) is 72.3 cm³/mol. The lowest BCUT2D eigenvalue weighted by Gasteiger charge is -2.08. The van der Waals surface area contributed by atoms with Crippen LogP contribution in [0.2, 0.25) is 0 Å². The van der Waals surface area contributed by atoms with Crippen molar-refractivity contribution in [1.29, 1.82) is 0 Å². The molecule has 0 unspecified atom stereocenters. The third kappa shape index (κ3) is 3.33. The molecule has 0 aromatic heterocycles. The van der Waals surface area contributed by atoms with Gasteiger partial charge in [0.2, 0.25) is 0 Å². The average Bonchev–Trinajstić information content (AvgIpc) is 2.45. The summed E-state index contributed by atoms with van der Waals surface area (Å²) in [6, 6.07) is 14.0. The van der Waals surface area contributed by atoms with Gasteiger partial charge in [-0.25, -0.2) is 4.79 Å². The van der Waals surface area contributed by atoms with Crippen LogP contribution in [0.4, 0.5) is 5.69 Å². The van der Waals surface area contributed by atoms with Crippen LogP contribution in [0.5, 0.6) is 0 Å². The van der Waals surface area contributed by atoms with Crippen molar-refractivity contribution in [3.05, 3.63) is 65.2 Å². The Bertz CT molecular complexity index is 581. The highest BCUT2D eigenvalue weighted by atomic mass is 16.5. The molecule has 0 radical (unpaired) electrons. The maximum Gasteiger partial charge on any atom is 0.338 e. The summed E-state index contributed by atoms with van der Waals surface area (Å²) in [7, 11) is 0. The molecule has 2 aromatic rings. The van der Waals surface area contributed by atoms with Gasteiger partial charge in [-0.3, -0.25) is 0 Å². The number of hydrogen-bond acceptors (Lipinski definition) is 4. The van der Waals surface area contributed by atoms with Crippen LogP contribution >= 0.6 is 0 Å². The molecule has 0 spiro atoms. The molecular weight excluding hydrogens is 242 g/mol. The molecule has 0 heterocycles. The molecule has 0 aliphatic carbocycles. The Labute approximate surface area is 111 Å². The van der Waals surface area contributed by atoms with E-state index in [1.807, 2.05) is 6.07 Å². The molecule has 0 saturated heterocycles. The Morgan fingerprint density at radius 3 is 2.68 bits per heavy atom. The second kappa shape index (κ2) is 6.02. The summed E-state index contributed by atoms with van der Waals surface area (Å²) in [4.78, 5) is 11.9. The lowest BCUT2D eigenvalue weighted by Crippen LogP contribution is -2.08. The fourth-order valence-corrected chi connectivity index (χ4v) is 1.77. The SMILES string of the molecule is Nc1cccc(COC(=O)c2ccccc2CO)c1. The number of hydrogen-bond donors (Lipinski definition) is 2. The van der Waals surface area contributed by atoms with Crippen LogP contribution in [0, 0.1) is 0 Å². The van der Waals surface area contributed by atoms with E-state index in [0.29, 0.717) is 16.8 Å². The van der Waals surface area contributed by atoms with Gasteiger partial charge < -0.3 is 15.6 Å². The zero-order chi connectivity index (χ0) is 13.7. The van der Waals surface area contributed by atoms with E-state index in [-0.39, 0.29) is 13.2 Å². The molecule has 0 saturated carbocycles. The highest BCUT2D eigenvalue weighted by Gasteiger charge is 2.11. The minimum atomic E-state index is -0.452. The van der Waals surface area contributed by atoms with Crippen LogP contribution in [-0.4, -0.2) is 11.1 Å². The normalized spacial score (nSPS) is 10.2. The van der Waals surface area contributed by atoms with Gasteiger partial charge in [-0.05, 0) is 29.3 Å². The quantitative estimate of drug-likeness (QED) is 0.650. The first kappa shape index (κ1) is 13.1. The standard InChI is InChI=1S/C15H15NO3/c16-13-6-3-4-11(8-13)10-19-15(18)14-7-2-1-5-12(14)9-17/h1-8,17H,9-10,16H2. The number of nitrogens with two attached hydrogens (primary N) is 1. The highest BCUT2D eigenvalue weighted by molar-refractivity contribution is 5.91. The van der Waals surface area contributed by atoms with Gasteiger partial charge in [0.1, 0.15) is 6.61 Å². The van der Waals surface area contributed by atoms with Gasteiger partial charge >= 0.3 is 5.97 Å². The number of anilines is 1. The highest BCUT2D eigenvalue weighted by Crippen LogP contribution is 2.13. The van der Waals surface area contributed by atoms with Crippen LogP contribution < -0.4 is 5.73 Å². The summed E-state index contributed by atoms with van der Waals surface area (Å²) in [6.45, 7) is -0.0345. The minimum Gasteiger partial charge on any atom is -0.457 e. The Hall–Kier alpha value is -2.33. The van der Waals surface area contributed by atoms with Crippen molar-refractivity contribution < 1.29 is 14.6 Å². The largest absolute Gasteiger partial charge is 0.457 e. The van der Waals surface area contributed by atoms with Crippen LogP contribution in [0.15, 0.2) is 48.5 Å². The monoisotopic (exact) mass is 257 g/mol. The number of carbonyl (C=O) groups is 1. The molecule has 4 heteroatoms. The maximum absolute atomic E-state index is 11.9. The zero-order valence-corrected chi connectivity index (χ0v) is 10.4. The van der Waals surface area contributed by atoms with Crippen molar-refractivity contribution >= 4 is 11.7 Å². The predicted octanol–water partition coefficient (Wildman–Crippen LogP) is 2.12. The molecule has 3 N–H and O–H groups in total. The third-order valence-corrected chi connectivity index (χ3v) is 2.73. The van der Waals surface area contributed by atoms with Crippen LogP contribution in [0.25, 0.3) is 0 Å². The fraction of sp³-hybridized carbons (Fsp3) is 0.133. The smallest absolute Gasteiger partial charge is 0.338 e. The van der Waals surface area contributed by atoms with Gasteiger partial charge in [-0.2, -0.15) is 0 Å². The Kier molecular flexibility index (Phi) is 4.15. The molecule has 0 amide bonds. The van der Waals surface area contributed by atoms with Gasteiger partial charge in [-0.15, -0.1) is 0 Å². The van der Waals surface area contributed by atoms with E-state index in [0.717, 1.165) is 5.56 Å². The maximum atomic E-state index is 11.9. The summed E-state index contributed by atoms with van der Waals surface area (Å²) in [5.74, 6) is -0.452. The van der Waals surface area contributed by atoms with Crippen LogP contribution in [0.3, 0.4) is 0 Å². The van der Waals surface area contributed by atoms with Crippen LogP contribution in [-0.2, 0) is 18.0 Å². The van der Waals surface area contributed by atoms with Gasteiger partial charge in [0, 0.05) is 5.69 Å². The molecule has 98 valence electrons. The first-order valence-corrected chi connectivity index (χ1v) is 5.91. The van der Waals surface area contributed by atoms with Crippen molar-refractivity contribution in [2.75, 3.05) is 5.73 Å². The third-order valence-electron chi connectivity index (χ3n) is 2.73. The van der Waals surface area contributed by atoms with Gasteiger partial charge in [-0.1, -0.05) is 30.3 Å². The molecule has 0 atom stereocenters. The number of nitrogen functional groups attached to an aromatic ring is 1. The summed E-state index contributed by atoms with van der Waals surface area (Å²) < 4.78 is 5.21. The summed E-state index contributed by atoms with van der Waals surface area (Å²) in [6.07, 6.45) is 0. The molecule has 4 nitrogen and oxygen atoms in total. The molecule has 2 rings (SSSR count). The number of carbonyl (C=O) groups excluding carboxylic acids is 1. The van der Waals surface area contributed by atoms with Crippen molar-refractivity contribution in [1.82, 2.24) is 0 Å². The van der Waals surface area contributed by atoms with E-state index in [4.69, 9.17) is 15.6 Å². The lowest BCUT2D eigenvalue weighted by atomic mass is 10.1. The number of benzene rings is 2. The van der Waals surface area contributed by atoms with Crippen LogP contribution in [0.1, 0.15) is 21.5 Å². The minimum absolute atomic E-state index is 0.156. The molecule has 2 aromatic carbocycles. The second-order valence-electron chi connectivity index (χ2n) is 4.14. The van der Waals surface area contributed by atoms with E-state index in [1.165, 1.54) is 0 Å². The second-order valence-corrected chi connectivity index (χ2v) is 4.14. The topological polar surface area (TPSA) is 72.5 Å². The van der Waals surface area contributed by atoms with Gasteiger partial charge in [0.15, 0.2) is 0 Å². The van der Waals surface area contributed by atoms with E-state index >= 15 is 0 Å². The van der Waals surface area contributed by atoms with Crippen molar-refractivity contribution in [3.8, 4) is 0 Å². The Morgan fingerprint density at radius 1 is 1.16 bits per heavy atom. The Morgan fingerprint density at radius 2 is 1.95 bits per heavy atom. The van der Waals surface area contributed by atoms with Crippen molar-refractivity contribution in [2.45, 2.75) is 13.2 Å². The number of ether oxygens (including phenoxy) is 1. The number of aliphatic hydroxyl groups excluding tert-OH is 1. The van der Waals surface area contributed by atoms with Crippen molar-refractivity contribution in [2.24, 2.45) is 0 Å². The van der Waals surface area contributed by atoms with E-state index in [2.05, 4.69) is 0 Å². The van der Waals surface area contributed by atoms with Gasteiger partial charge in [0.25, 0.3) is 0 Å². The summed E-state index contributed by atoms with van der Waals surface area (Å²) >= 11 is 0. The Balaban J connectivity index is 2.05. The van der Waals surface area contributed by atoms with Gasteiger partial charge in [0.05, 0.1) is 12.2 Å².